The third-order valence-electron chi connectivity index (χ3n) is 5.70. The lowest BCUT2D eigenvalue weighted by Crippen LogP contribution is -2.39. The number of likely N-dealkylation sites (tertiary alicyclic amines) is 1. The summed E-state index contributed by atoms with van der Waals surface area (Å²) in [6.07, 6.45) is -0.285. The molecule has 0 spiro atoms. The number of fused-ring (bicyclic) bond motifs is 2. The molecule has 1 N–H and O–H groups in total. The largest absolute Gasteiger partial charge is 0.444 e. The van der Waals surface area contributed by atoms with Gasteiger partial charge >= 0.3 is 6.09 Å². The van der Waals surface area contributed by atoms with E-state index in [2.05, 4.69) is 10.4 Å². The monoisotopic (exact) mass is 384 g/mol. The topological polar surface area (TPSA) is 76.5 Å². The highest BCUT2D eigenvalue weighted by atomic mass is 16.6. The van der Waals surface area contributed by atoms with Gasteiger partial charge in [-0.25, -0.2) is 4.79 Å². The molecule has 4 rings (SSSR count). The van der Waals surface area contributed by atoms with Gasteiger partial charge < -0.3 is 15.0 Å². The third kappa shape index (κ3) is 3.34. The maximum atomic E-state index is 12.8. The summed E-state index contributed by atoms with van der Waals surface area (Å²) in [5.41, 5.74) is 1.43. The van der Waals surface area contributed by atoms with Gasteiger partial charge in [0, 0.05) is 31.4 Å². The number of nitrogens with zero attached hydrogens (tertiary/aromatic N) is 3. The molecule has 7 nitrogen and oxygen atoms in total. The second kappa shape index (κ2) is 6.50. The van der Waals surface area contributed by atoms with E-state index in [4.69, 9.17) is 4.74 Å². The summed E-state index contributed by atoms with van der Waals surface area (Å²) in [5.74, 6) is 0.512. The number of rotatable bonds is 3. The van der Waals surface area contributed by atoms with Crippen LogP contribution in [0.3, 0.4) is 0 Å². The van der Waals surface area contributed by atoms with E-state index in [1.165, 1.54) is 0 Å². The Bertz CT molecular complexity index is 917. The fourth-order valence-corrected chi connectivity index (χ4v) is 4.33. The maximum absolute atomic E-state index is 12.8. The van der Waals surface area contributed by atoms with Crippen molar-refractivity contribution in [3.63, 3.8) is 0 Å². The van der Waals surface area contributed by atoms with Crippen molar-refractivity contribution in [2.45, 2.75) is 39.3 Å². The molecule has 2 aliphatic rings. The SMILES string of the molecule is CC(NC(=O)[C@H]1[C@@H]2CN(C(=O)OC(C)(C)C)C[C@@H]21)c1nn(C)c2ccccc12. The number of carbonyl (C=O) groups excluding carboxylic acids is 2. The molecule has 2 aromatic rings. The summed E-state index contributed by atoms with van der Waals surface area (Å²) in [6, 6.07) is 7.86. The number of piperidine rings is 1. The van der Waals surface area contributed by atoms with Crippen LogP contribution in [0.15, 0.2) is 24.3 Å². The second-order valence-corrected chi connectivity index (χ2v) is 9.00. The van der Waals surface area contributed by atoms with E-state index >= 15 is 0 Å². The molecule has 1 saturated heterocycles. The van der Waals surface area contributed by atoms with Gasteiger partial charge in [0.1, 0.15) is 5.60 Å². The quantitative estimate of drug-likeness (QED) is 0.883. The van der Waals surface area contributed by atoms with Crippen LogP contribution >= 0.6 is 0 Å². The fraction of sp³-hybridized carbons (Fsp3) is 0.571. The number of hydrogen-bond donors (Lipinski definition) is 1. The van der Waals surface area contributed by atoms with Crippen LogP contribution in [-0.4, -0.2) is 45.4 Å². The minimum Gasteiger partial charge on any atom is -0.444 e. The Morgan fingerprint density at radius 1 is 1.21 bits per heavy atom. The molecule has 2 heterocycles. The van der Waals surface area contributed by atoms with Gasteiger partial charge in [0.2, 0.25) is 5.91 Å². The van der Waals surface area contributed by atoms with Crippen molar-refractivity contribution in [2.75, 3.05) is 13.1 Å². The van der Waals surface area contributed by atoms with E-state index in [1.807, 2.05) is 63.7 Å². The average molecular weight is 384 g/mol. The molecule has 0 radical (unpaired) electrons. The van der Waals surface area contributed by atoms with Crippen molar-refractivity contribution < 1.29 is 14.3 Å². The predicted octanol–water partition coefficient (Wildman–Crippen LogP) is 2.86. The van der Waals surface area contributed by atoms with Gasteiger partial charge in [-0.1, -0.05) is 18.2 Å². The van der Waals surface area contributed by atoms with Crippen molar-refractivity contribution in [1.82, 2.24) is 20.0 Å². The van der Waals surface area contributed by atoms with E-state index in [-0.39, 0.29) is 35.8 Å². The first-order valence-electron chi connectivity index (χ1n) is 9.85. The summed E-state index contributed by atoms with van der Waals surface area (Å²) < 4.78 is 7.27. The van der Waals surface area contributed by atoms with Crippen LogP contribution in [0, 0.1) is 17.8 Å². The van der Waals surface area contributed by atoms with E-state index in [9.17, 15) is 9.59 Å². The van der Waals surface area contributed by atoms with Gasteiger partial charge in [0.25, 0.3) is 0 Å². The smallest absolute Gasteiger partial charge is 0.410 e. The van der Waals surface area contributed by atoms with Crippen LogP contribution in [-0.2, 0) is 16.6 Å². The number of para-hydroxylation sites is 1. The van der Waals surface area contributed by atoms with Crippen LogP contribution in [0.5, 0.6) is 0 Å². The molecule has 1 unspecified atom stereocenters. The molecule has 1 aliphatic carbocycles. The number of hydrogen-bond acceptors (Lipinski definition) is 4. The van der Waals surface area contributed by atoms with Crippen LogP contribution in [0.4, 0.5) is 4.79 Å². The highest BCUT2D eigenvalue weighted by Gasteiger charge is 2.60. The van der Waals surface area contributed by atoms with Crippen molar-refractivity contribution in [1.29, 1.82) is 0 Å². The summed E-state index contributed by atoms with van der Waals surface area (Å²) in [6.45, 7) is 8.75. The molecule has 7 heteroatoms. The zero-order valence-electron chi connectivity index (χ0n) is 17.1. The van der Waals surface area contributed by atoms with Gasteiger partial charge in [-0.3, -0.25) is 9.48 Å². The summed E-state index contributed by atoms with van der Waals surface area (Å²) >= 11 is 0. The predicted molar refractivity (Wildman–Crippen MR) is 106 cm³/mol. The molecule has 0 bridgehead atoms. The third-order valence-corrected chi connectivity index (χ3v) is 5.70. The van der Waals surface area contributed by atoms with Gasteiger partial charge in [-0.15, -0.1) is 0 Å². The Kier molecular flexibility index (Phi) is 4.36. The van der Waals surface area contributed by atoms with Crippen molar-refractivity contribution in [3.8, 4) is 0 Å². The number of aryl methyl sites for hydroxylation is 1. The Balaban J connectivity index is 1.36. The molecular formula is C21H28N4O3. The normalized spacial score (nSPS) is 24.8. The minimum atomic E-state index is -0.498. The minimum absolute atomic E-state index is 0.0175. The Morgan fingerprint density at radius 3 is 2.50 bits per heavy atom. The zero-order chi connectivity index (χ0) is 20.2. The number of aromatic nitrogens is 2. The van der Waals surface area contributed by atoms with Gasteiger partial charge in [0.15, 0.2) is 0 Å². The molecule has 1 aromatic heterocycles. The van der Waals surface area contributed by atoms with Gasteiger partial charge in [-0.2, -0.15) is 5.10 Å². The maximum Gasteiger partial charge on any atom is 0.410 e. The van der Waals surface area contributed by atoms with Crippen molar-refractivity contribution in [3.05, 3.63) is 30.0 Å². The molecule has 28 heavy (non-hydrogen) atoms. The first-order valence-corrected chi connectivity index (χ1v) is 9.85. The Morgan fingerprint density at radius 2 is 1.86 bits per heavy atom. The van der Waals surface area contributed by atoms with Crippen molar-refractivity contribution in [2.24, 2.45) is 24.8 Å². The molecule has 2 fully saturated rings. The standard InChI is InChI=1S/C21H28N4O3/c1-12(18-13-8-6-7-9-16(13)24(5)23-18)22-19(26)17-14-10-25(11-15(14)17)20(27)28-21(2,3)4/h6-9,12,14-15,17H,10-11H2,1-5H3,(H,22,26)/t12?,14-,15+,17+. The molecule has 1 aromatic carbocycles. The molecule has 1 aliphatic heterocycles. The van der Waals surface area contributed by atoms with Crippen LogP contribution in [0.25, 0.3) is 10.9 Å². The summed E-state index contributed by atoms with van der Waals surface area (Å²) in [7, 11) is 1.91. The lowest BCUT2D eigenvalue weighted by molar-refractivity contribution is -0.124. The van der Waals surface area contributed by atoms with Gasteiger partial charge in [0.05, 0.1) is 17.3 Å². The number of carbonyl (C=O) groups is 2. The fourth-order valence-electron chi connectivity index (χ4n) is 4.33. The average Bonchev–Trinajstić information content (AvgIpc) is 2.96. The second-order valence-electron chi connectivity index (χ2n) is 9.00. The van der Waals surface area contributed by atoms with E-state index in [1.54, 1.807) is 4.90 Å². The summed E-state index contributed by atoms with van der Waals surface area (Å²) in [4.78, 5) is 26.7. The highest BCUT2D eigenvalue weighted by molar-refractivity contribution is 5.86. The van der Waals surface area contributed by atoms with E-state index in [0.717, 1.165) is 16.6 Å². The number of ether oxygens (including phenoxy) is 1. The van der Waals surface area contributed by atoms with E-state index in [0.29, 0.717) is 13.1 Å². The van der Waals surface area contributed by atoms with E-state index < -0.39 is 5.60 Å². The Labute approximate surface area is 165 Å². The molecule has 4 atom stereocenters. The lowest BCUT2D eigenvalue weighted by atomic mass is 10.1. The summed E-state index contributed by atoms with van der Waals surface area (Å²) in [5, 5.41) is 8.78. The zero-order valence-corrected chi connectivity index (χ0v) is 17.1. The van der Waals surface area contributed by atoms with Crippen LogP contribution in [0.2, 0.25) is 0 Å². The van der Waals surface area contributed by atoms with Crippen LogP contribution < -0.4 is 5.32 Å². The van der Waals surface area contributed by atoms with Crippen LogP contribution in [0.1, 0.15) is 39.4 Å². The number of nitrogens with one attached hydrogen (secondary N) is 1. The molecule has 1 saturated carbocycles. The Hall–Kier alpha value is -2.57. The lowest BCUT2D eigenvalue weighted by Gasteiger charge is -2.26. The molecular weight excluding hydrogens is 356 g/mol. The first-order chi connectivity index (χ1) is 13.2. The number of benzene rings is 1. The highest BCUT2D eigenvalue weighted by Crippen LogP contribution is 2.52. The molecule has 2 amide bonds. The first kappa shape index (κ1) is 18.8. The van der Waals surface area contributed by atoms with Gasteiger partial charge in [-0.05, 0) is 45.6 Å². The van der Waals surface area contributed by atoms with Crippen molar-refractivity contribution >= 4 is 22.9 Å². The number of amides is 2. The molecule has 150 valence electrons.